The Balaban J connectivity index is 0.000000189. The number of phenols is 1. The lowest BCUT2D eigenvalue weighted by molar-refractivity contribution is -0.126. The van der Waals surface area contributed by atoms with E-state index in [1.807, 2.05) is 0 Å². The molecule has 0 fully saturated rings. The Bertz CT molecular complexity index is 5560. The molecule has 0 bridgehead atoms. The van der Waals surface area contributed by atoms with Gasteiger partial charge in [-0.05, 0) is 182 Å². The molecule has 4 amide bonds. The molecule has 0 saturated carbocycles. The van der Waals surface area contributed by atoms with Crippen molar-refractivity contribution in [2.75, 3.05) is 130 Å². The summed E-state index contributed by atoms with van der Waals surface area (Å²) in [6.07, 6.45) is 3.07. The average molecular weight is 1720 g/mol. The van der Waals surface area contributed by atoms with E-state index in [0.717, 1.165) is 42.0 Å². The smallest absolute Gasteiger partial charge is 0.256 e. The fourth-order valence-electron chi connectivity index (χ4n) is 10.1. The number of nitrogens with zero attached hydrogens (tertiary/aromatic N) is 10. The van der Waals surface area contributed by atoms with Crippen LogP contribution in [-0.2, 0) is 28.7 Å². The summed E-state index contributed by atoms with van der Waals surface area (Å²) in [5.41, 5.74) is 5.32. The van der Waals surface area contributed by atoms with E-state index in [1.54, 1.807) is 172 Å². The number of benzene rings is 8. The van der Waals surface area contributed by atoms with E-state index in [0.29, 0.717) is 111 Å². The van der Waals surface area contributed by atoms with Crippen molar-refractivity contribution in [3.05, 3.63) is 267 Å². The number of aromatic hydroxyl groups is 1. The molecule has 0 spiro atoms. The summed E-state index contributed by atoms with van der Waals surface area (Å²) in [5, 5.41) is 104. The average Bonchev–Trinajstić information content (AvgIpc) is 0.861. The molecule has 8 aromatic carbocycles. The number of methoxy groups -OCH3 is 2. The summed E-state index contributed by atoms with van der Waals surface area (Å²) in [6, 6.07) is 52.1. The van der Waals surface area contributed by atoms with Crippen molar-refractivity contribution in [2.45, 2.75) is 12.2 Å². The third-order valence-corrected chi connectivity index (χ3v) is 16.1. The SMILES string of the molecule is C=CC(=O)Nc1cccc(N(O)c2nc(Nc3ccc(OCCOC)cc3)ncc2F)c1.C=CC(=O)Nc1cccc(Nc2nc(N(O)c3ccc(OCCOC)cc3)ncc2F)c1.O=C(Nc1cccc(Nc2nc(Nc3ccc(O)cc3)ncc2F)c1)C(O)CO.O=C(Nc1cccc(Nc2nc(Nc3ccc(OCCO)cc3)ncc2F)c1)C(O)CO. The Morgan fingerprint density at radius 2 is 0.760 bits per heavy atom. The maximum atomic E-state index is 14.3. The topological polar surface area (TPSA) is 506 Å². The largest absolute Gasteiger partial charge is 0.508 e. The molecule has 2 atom stereocenters. The number of aromatic nitrogens is 8. The second kappa shape index (κ2) is 48.0. The highest BCUT2D eigenvalue weighted by atomic mass is 19.1. The summed E-state index contributed by atoms with van der Waals surface area (Å²) in [7, 11) is 3.18. The number of rotatable bonds is 37. The fraction of sp³-hybridized carbons (Fsp3) is 0.143. The highest BCUT2D eigenvalue weighted by Gasteiger charge is 2.21. The second-order valence-corrected chi connectivity index (χ2v) is 25.3. The molecule has 0 radical (unpaired) electrons. The van der Waals surface area contributed by atoms with Gasteiger partial charge in [-0.1, -0.05) is 37.4 Å². The van der Waals surface area contributed by atoms with Crippen LogP contribution in [0.25, 0.3) is 0 Å². The van der Waals surface area contributed by atoms with Crippen LogP contribution in [0.1, 0.15) is 0 Å². The predicted molar refractivity (Wildman–Crippen MR) is 457 cm³/mol. The van der Waals surface area contributed by atoms with Gasteiger partial charge < -0.3 is 107 Å². The fourth-order valence-corrected chi connectivity index (χ4v) is 10.1. The normalized spacial score (nSPS) is 10.9. The van der Waals surface area contributed by atoms with Gasteiger partial charge in [0.1, 0.15) is 42.8 Å². The molecule has 4 aromatic heterocycles. The minimum atomic E-state index is -1.55. The molecule has 37 nitrogen and oxygen atoms in total. The first kappa shape index (κ1) is 93.3. The maximum Gasteiger partial charge on any atom is 0.256 e. The lowest BCUT2D eigenvalue weighted by Crippen LogP contribution is -2.30. The van der Waals surface area contributed by atoms with Gasteiger partial charge in [-0.3, -0.25) is 29.6 Å². The van der Waals surface area contributed by atoms with E-state index in [2.05, 4.69) is 106 Å². The third-order valence-electron chi connectivity index (χ3n) is 16.1. The number of carbonyl (C=O) groups excluding carboxylic acids is 4. The maximum absolute atomic E-state index is 14.3. The first-order valence-electron chi connectivity index (χ1n) is 37.2. The molecule has 0 saturated heterocycles. The van der Waals surface area contributed by atoms with E-state index < -0.39 is 66.4 Å². The Morgan fingerprint density at radius 1 is 0.400 bits per heavy atom. The predicted octanol–water partition coefficient (Wildman–Crippen LogP) is 11.9. The number of amides is 4. The number of carbonyl (C=O) groups is 4. The Labute approximate surface area is 710 Å². The number of halogens is 4. The molecule has 4 heterocycles. The number of aliphatic hydroxyl groups excluding tert-OH is 5. The third kappa shape index (κ3) is 30.0. The molecule has 0 aliphatic heterocycles. The summed E-state index contributed by atoms with van der Waals surface area (Å²) >= 11 is 0. The van der Waals surface area contributed by atoms with Gasteiger partial charge in [-0.2, -0.15) is 25.0 Å². The number of phenolic OH excluding ortho intramolecular Hbond substituents is 1. The Kier molecular flexibility index (Phi) is 35.8. The van der Waals surface area contributed by atoms with Crippen LogP contribution >= 0.6 is 0 Å². The van der Waals surface area contributed by atoms with Gasteiger partial charge in [0, 0.05) is 71.1 Å². The van der Waals surface area contributed by atoms with Crippen molar-refractivity contribution < 1.29 is 101 Å². The standard InChI is InChI=1S/2C22H22FN5O4.C21H22FN5O5.C19H18FN5O4/c1-3-20(29)25-16-5-4-6-17(13-16)28(30)21-19(23)14-24-22(27-21)26-15-7-9-18(10-8-15)32-12-11-31-2;1-3-20(29)25-15-5-4-6-16(13-15)26-21-19(23)14-24-22(27-21)28(30)17-7-9-18(10-8-17)32-12-11-31-2;22-17-11-23-21(26-13-4-6-16(7-5-13)32-9-8-28)27-19(17)24-14-2-1-3-15(10-14)25-20(31)18(30)12-29;20-15-9-21-19(24-11-4-6-14(27)7-5-11)25-17(15)22-12-2-1-3-13(8-12)23-18(29)16(28)10-26/h2*3-10,13-14,30H,1,11-12H2,2H3,(H,25,29)(H,24,26,27);1-7,10-11,18,28-30H,8-9,12H2,(H,25,31)(H2,23,24,26,27);1-9,16,26-28H,10H2,(H,23,29)(H2,21,22,24,25). The lowest BCUT2D eigenvalue weighted by atomic mass is 10.2. The molecule has 41 heteroatoms. The first-order valence-corrected chi connectivity index (χ1v) is 37.2. The highest BCUT2D eigenvalue weighted by molar-refractivity contribution is 6.00. The van der Waals surface area contributed by atoms with Crippen LogP contribution < -0.4 is 77.5 Å². The van der Waals surface area contributed by atoms with Crippen molar-refractivity contribution in [1.29, 1.82) is 0 Å². The highest BCUT2D eigenvalue weighted by Crippen LogP contribution is 2.32. The van der Waals surface area contributed by atoms with Gasteiger partial charge in [0.25, 0.3) is 17.8 Å². The van der Waals surface area contributed by atoms with Gasteiger partial charge in [0.15, 0.2) is 58.7 Å². The summed E-state index contributed by atoms with van der Waals surface area (Å²) < 4.78 is 83.2. The molecule has 650 valence electrons. The first-order chi connectivity index (χ1) is 60.4. The molecule has 125 heavy (non-hydrogen) atoms. The van der Waals surface area contributed by atoms with Gasteiger partial charge in [-0.25, -0.2) is 42.6 Å². The Hall–Kier alpha value is -15.6. The van der Waals surface area contributed by atoms with E-state index >= 15 is 0 Å². The number of hydrogen-bond donors (Lipinski definition) is 18. The van der Waals surface area contributed by atoms with E-state index in [4.69, 9.17) is 39.0 Å². The van der Waals surface area contributed by atoms with Crippen LogP contribution in [0, 0.1) is 23.3 Å². The molecular formula is C84H84F4N20O17. The van der Waals surface area contributed by atoms with Gasteiger partial charge in [0.2, 0.25) is 29.7 Å². The van der Waals surface area contributed by atoms with Crippen molar-refractivity contribution in [3.8, 4) is 23.0 Å². The van der Waals surface area contributed by atoms with Crippen LogP contribution in [0.2, 0.25) is 0 Å². The lowest BCUT2D eigenvalue weighted by Gasteiger charge is -2.18. The number of anilines is 20. The number of ether oxygens (including phenoxy) is 5. The van der Waals surface area contributed by atoms with E-state index in [9.17, 15) is 62.5 Å². The molecule has 18 N–H and O–H groups in total. The van der Waals surface area contributed by atoms with Crippen LogP contribution in [0.3, 0.4) is 0 Å². The van der Waals surface area contributed by atoms with Crippen LogP contribution in [0.5, 0.6) is 23.0 Å². The number of nitrogens with one attached hydrogen (secondary N) is 10. The minimum absolute atomic E-state index is 0.0737. The van der Waals surface area contributed by atoms with Gasteiger partial charge in [-0.15, -0.1) is 0 Å². The zero-order chi connectivity index (χ0) is 89.6. The summed E-state index contributed by atoms with van der Waals surface area (Å²) in [5.74, 6) is -3.78. The summed E-state index contributed by atoms with van der Waals surface area (Å²) in [6.45, 7) is 7.24. The van der Waals surface area contributed by atoms with Crippen LogP contribution in [-0.4, -0.2) is 184 Å². The molecule has 0 aliphatic rings. The van der Waals surface area contributed by atoms with Crippen LogP contribution in [0.4, 0.5) is 133 Å². The molecular weight excluding hydrogens is 1640 g/mol. The number of hydrogen-bond acceptors (Lipinski definition) is 33. The monoisotopic (exact) mass is 1720 g/mol. The van der Waals surface area contributed by atoms with Crippen molar-refractivity contribution in [1.82, 2.24) is 39.9 Å². The molecule has 2 unspecified atom stereocenters. The number of aliphatic hydroxyl groups is 5. The molecule has 12 aromatic rings. The minimum Gasteiger partial charge on any atom is -0.508 e. The van der Waals surface area contributed by atoms with Crippen molar-refractivity contribution in [2.24, 2.45) is 0 Å². The molecule has 12 rings (SSSR count). The second-order valence-electron chi connectivity index (χ2n) is 25.3. The van der Waals surface area contributed by atoms with Crippen LogP contribution in [0.15, 0.2) is 244 Å². The zero-order valence-corrected chi connectivity index (χ0v) is 66.4. The zero-order valence-electron chi connectivity index (χ0n) is 66.4. The quantitative estimate of drug-likeness (QED) is 0.00565. The molecule has 0 aliphatic carbocycles. The van der Waals surface area contributed by atoms with Crippen molar-refractivity contribution in [3.63, 3.8) is 0 Å². The summed E-state index contributed by atoms with van der Waals surface area (Å²) in [4.78, 5) is 78.2. The van der Waals surface area contributed by atoms with E-state index in [1.165, 1.54) is 36.4 Å². The van der Waals surface area contributed by atoms with Gasteiger partial charge in [0.05, 0.1) is 69.2 Å². The van der Waals surface area contributed by atoms with Crippen molar-refractivity contribution >= 4 is 139 Å². The Morgan fingerprint density at radius 3 is 1.18 bits per heavy atom. The van der Waals surface area contributed by atoms with E-state index in [-0.39, 0.29) is 77.6 Å². The van der Waals surface area contributed by atoms with Gasteiger partial charge >= 0.3 is 0 Å².